The second-order valence-corrected chi connectivity index (χ2v) is 5.87. The van der Waals surface area contributed by atoms with E-state index in [0.717, 1.165) is 11.9 Å². The van der Waals surface area contributed by atoms with Crippen molar-refractivity contribution in [1.29, 1.82) is 0 Å². The van der Waals surface area contributed by atoms with Crippen LogP contribution in [-0.4, -0.2) is 30.8 Å². The number of rotatable bonds is 6. The molecule has 0 aliphatic rings. The van der Waals surface area contributed by atoms with Crippen LogP contribution in [0, 0.1) is 5.41 Å². The molecule has 0 rings (SSSR count). The van der Waals surface area contributed by atoms with Crippen molar-refractivity contribution in [2.75, 3.05) is 25.2 Å². The molecule has 0 aliphatic heterocycles. The molecule has 2 nitrogen and oxygen atoms in total. The molecule has 0 aromatic rings. The van der Waals surface area contributed by atoms with Gasteiger partial charge in [-0.1, -0.05) is 29.8 Å². The van der Waals surface area contributed by atoms with E-state index in [-0.39, 0.29) is 11.0 Å². The molecule has 0 heterocycles. The van der Waals surface area contributed by atoms with Gasteiger partial charge in [0.05, 0.1) is 25.4 Å². The second-order valence-electron chi connectivity index (χ2n) is 5.31. The zero-order chi connectivity index (χ0) is 11.2. The highest BCUT2D eigenvalue weighted by atomic mass is 79.9. The summed E-state index contributed by atoms with van der Waals surface area (Å²) < 4.78 is 11.1. The first-order valence-electron chi connectivity index (χ1n) is 5.04. The molecule has 0 saturated carbocycles. The highest BCUT2D eigenvalue weighted by molar-refractivity contribution is 9.09. The standard InChI is InChI=1S/C11H23BrO2/c1-10(2,3)14-7-6-13-9-11(4,5)8-12/h6-9H2,1-5H3. The Kier molecular flexibility index (Phi) is 6.26. The van der Waals surface area contributed by atoms with Gasteiger partial charge in [0, 0.05) is 5.33 Å². The summed E-state index contributed by atoms with van der Waals surface area (Å²) in [6, 6.07) is 0. The van der Waals surface area contributed by atoms with Gasteiger partial charge in [-0.05, 0) is 26.2 Å². The predicted octanol–water partition coefficient (Wildman–Crippen LogP) is 3.24. The Bertz CT molecular complexity index is 150. The van der Waals surface area contributed by atoms with Crippen molar-refractivity contribution in [3.05, 3.63) is 0 Å². The Morgan fingerprint density at radius 1 is 1.00 bits per heavy atom. The minimum Gasteiger partial charge on any atom is -0.378 e. The Morgan fingerprint density at radius 2 is 1.57 bits per heavy atom. The third kappa shape index (κ3) is 8.97. The lowest BCUT2D eigenvalue weighted by Gasteiger charge is -2.23. The number of hydrogen-bond donors (Lipinski definition) is 0. The summed E-state index contributed by atoms with van der Waals surface area (Å²) in [6.45, 7) is 12.6. The smallest absolute Gasteiger partial charge is 0.0707 e. The zero-order valence-corrected chi connectivity index (χ0v) is 11.6. The van der Waals surface area contributed by atoms with Crippen LogP contribution in [0.3, 0.4) is 0 Å². The maximum atomic E-state index is 5.54. The largest absolute Gasteiger partial charge is 0.378 e. The van der Waals surface area contributed by atoms with Crippen LogP contribution in [0.2, 0.25) is 0 Å². The van der Waals surface area contributed by atoms with Crippen molar-refractivity contribution in [2.24, 2.45) is 5.41 Å². The molecular formula is C11H23BrO2. The molecular weight excluding hydrogens is 244 g/mol. The first kappa shape index (κ1) is 14.4. The molecule has 86 valence electrons. The van der Waals surface area contributed by atoms with Crippen molar-refractivity contribution < 1.29 is 9.47 Å². The molecule has 0 amide bonds. The van der Waals surface area contributed by atoms with E-state index in [4.69, 9.17) is 9.47 Å². The van der Waals surface area contributed by atoms with Crippen molar-refractivity contribution in [3.8, 4) is 0 Å². The fraction of sp³-hybridized carbons (Fsp3) is 1.00. The molecule has 0 aromatic heterocycles. The van der Waals surface area contributed by atoms with Gasteiger partial charge in [-0.2, -0.15) is 0 Å². The Balaban J connectivity index is 3.39. The maximum Gasteiger partial charge on any atom is 0.0707 e. The highest BCUT2D eigenvalue weighted by Crippen LogP contribution is 2.18. The molecule has 0 N–H and O–H groups in total. The Labute approximate surface area is 96.5 Å². The van der Waals surface area contributed by atoms with E-state index in [1.165, 1.54) is 0 Å². The van der Waals surface area contributed by atoms with Crippen molar-refractivity contribution in [3.63, 3.8) is 0 Å². The second kappa shape index (κ2) is 6.09. The van der Waals surface area contributed by atoms with Gasteiger partial charge < -0.3 is 9.47 Å². The Hall–Kier alpha value is 0.400. The SMILES string of the molecule is CC(C)(CBr)COCCOC(C)(C)C. The topological polar surface area (TPSA) is 18.5 Å². The summed E-state index contributed by atoms with van der Waals surface area (Å²) >= 11 is 3.46. The van der Waals surface area contributed by atoms with E-state index in [1.54, 1.807) is 0 Å². The van der Waals surface area contributed by atoms with E-state index in [0.29, 0.717) is 13.2 Å². The lowest BCUT2D eigenvalue weighted by atomic mass is 9.99. The number of halogens is 1. The Morgan fingerprint density at radius 3 is 2.00 bits per heavy atom. The van der Waals surface area contributed by atoms with E-state index >= 15 is 0 Å². The van der Waals surface area contributed by atoms with Crippen LogP contribution in [0.25, 0.3) is 0 Å². The van der Waals surface area contributed by atoms with Gasteiger partial charge in [-0.3, -0.25) is 0 Å². The van der Waals surface area contributed by atoms with Gasteiger partial charge in [0.25, 0.3) is 0 Å². The zero-order valence-electron chi connectivity index (χ0n) is 10.0. The van der Waals surface area contributed by atoms with E-state index in [9.17, 15) is 0 Å². The molecule has 0 saturated heterocycles. The molecule has 14 heavy (non-hydrogen) atoms. The first-order valence-corrected chi connectivity index (χ1v) is 6.17. The first-order chi connectivity index (χ1) is 6.27. The fourth-order valence-electron chi connectivity index (χ4n) is 0.794. The van der Waals surface area contributed by atoms with Crippen LogP contribution in [0.4, 0.5) is 0 Å². The summed E-state index contributed by atoms with van der Waals surface area (Å²) in [4.78, 5) is 0. The van der Waals surface area contributed by atoms with E-state index in [2.05, 4.69) is 50.5 Å². The lowest BCUT2D eigenvalue weighted by Crippen LogP contribution is -2.25. The van der Waals surface area contributed by atoms with Crippen LogP contribution in [0.1, 0.15) is 34.6 Å². The maximum absolute atomic E-state index is 5.54. The summed E-state index contributed by atoms with van der Waals surface area (Å²) in [6.07, 6.45) is 0. The van der Waals surface area contributed by atoms with Gasteiger partial charge in [-0.25, -0.2) is 0 Å². The number of ether oxygens (including phenoxy) is 2. The van der Waals surface area contributed by atoms with Crippen LogP contribution in [0.15, 0.2) is 0 Å². The molecule has 0 unspecified atom stereocenters. The highest BCUT2D eigenvalue weighted by Gasteiger charge is 2.16. The lowest BCUT2D eigenvalue weighted by molar-refractivity contribution is -0.0433. The minimum absolute atomic E-state index is 0.0612. The average molecular weight is 267 g/mol. The molecule has 0 bridgehead atoms. The van der Waals surface area contributed by atoms with Gasteiger partial charge in [0.1, 0.15) is 0 Å². The molecule has 0 aliphatic carbocycles. The number of hydrogen-bond acceptors (Lipinski definition) is 2. The van der Waals surface area contributed by atoms with Crippen molar-refractivity contribution in [2.45, 2.75) is 40.2 Å². The van der Waals surface area contributed by atoms with Gasteiger partial charge >= 0.3 is 0 Å². The molecule has 0 atom stereocenters. The molecule has 0 spiro atoms. The molecule has 0 aromatic carbocycles. The molecule has 0 fully saturated rings. The monoisotopic (exact) mass is 266 g/mol. The normalized spacial score (nSPS) is 13.3. The third-order valence-corrected chi connectivity index (χ3v) is 3.14. The summed E-state index contributed by atoms with van der Waals surface area (Å²) in [5, 5.41) is 0.958. The van der Waals surface area contributed by atoms with Crippen molar-refractivity contribution in [1.82, 2.24) is 0 Å². The average Bonchev–Trinajstić information content (AvgIpc) is 2.01. The van der Waals surface area contributed by atoms with Crippen LogP contribution in [0.5, 0.6) is 0 Å². The van der Waals surface area contributed by atoms with Crippen LogP contribution >= 0.6 is 15.9 Å². The fourth-order valence-corrected chi connectivity index (χ4v) is 0.956. The molecule has 0 radical (unpaired) electrons. The number of alkyl halides is 1. The van der Waals surface area contributed by atoms with Crippen molar-refractivity contribution >= 4 is 15.9 Å². The summed E-state index contributed by atoms with van der Waals surface area (Å²) in [5.41, 5.74) is 0.149. The van der Waals surface area contributed by atoms with Gasteiger partial charge in [-0.15, -0.1) is 0 Å². The summed E-state index contributed by atoms with van der Waals surface area (Å²) in [5.74, 6) is 0. The van der Waals surface area contributed by atoms with Crippen LogP contribution < -0.4 is 0 Å². The summed E-state index contributed by atoms with van der Waals surface area (Å²) in [7, 11) is 0. The van der Waals surface area contributed by atoms with E-state index in [1.807, 2.05) is 0 Å². The van der Waals surface area contributed by atoms with Gasteiger partial charge in [0.15, 0.2) is 0 Å². The third-order valence-electron chi connectivity index (χ3n) is 1.62. The quantitative estimate of drug-likeness (QED) is 0.543. The van der Waals surface area contributed by atoms with Crippen LogP contribution in [-0.2, 0) is 9.47 Å². The predicted molar refractivity (Wildman–Crippen MR) is 64.1 cm³/mol. The minimum atomic E-state index is -0.0612. The van der Waals surface area contributed by atoms with Gasteiger partial charge in [0.2, 0.25) is 0 Å². The van der Waals surface area contributed by atoms with E-state index < -0.39 is 0 Å². The molecule has 3 heteroatoms.